The maximum atomic E-state index is 12.8. The molecule has 0 saturated heterocycles. The summed E-state index contributed by atoms with van der Waals surface area (Å²) in [6.45, 7) is 1.99. The average Bonchev–Trinajstić information content (AvgIpc) is 2.27. The van der Waals surface area contributed by atoms with Gasteiger partial charge >= 0.3 is 5.97 Å². The molecular formula is C12H13F2NO3. The molecule has 1 rings (SSSR count). The number of halogens is 2. The first-order valence-corrected chi connectivity index (χ1v) is 5.43. The number of ether oxygens (including phenoxy) is 1. The molecule has 0 aliphatic heterocycles. The molecule has 1 aromatic carbocycles. The van der Waals surface area contributed by atoms with Gasteiger partial charge in [-0.15, -0.1) is 0 Å². The second kappa shape index (κ2) is 6.68. The van der Waals surface area contributed by atoms with Crippen molar-refractivity contribution in [3.63, 3.8) is 0 Å². The zero-order chi connectivity index (χ0) is 13.5. The van der Waals surface area contributed by atoms with E-state index in [0.717, 1.165) is 12.1 Å². The van der Waals surface area contributed by atoms with Gasteiger partial charge in [-0.2, -0.15) is 0 Å². The third kappa shape index (κ3) is 4.48. The van der Waals surface area contributed by atoms with E-state index in [1.807, 2.05) is 0 Å². The molecule has 0 aliphatic rings. The summed E-state index contributed by atoms with van der Waals surface area (Å²) in [7, 11) is 0. The lowest BCUT2D eigenvalue weighted by Gasteiger charge is -2.05. The number of hydrogen-bond donors (Lipinski definition) is 1. The minimum absolute atomic E-state index is 0.0113. The third-order valence-corrected chi connectivity index (χ3v) is 2.04. The van der Waals surface area contributed by atoms with Crippen molar-refractivity contribution in [1.82, 2.24) is 5.32 Å². The normalized spacial score (nSPS) is 9.94. The molecule has 0 radical (unpaired) electrons. The number of nitrogens with one attached hydrogen (secondary N) is 1. The second-order valence-corrected chi connectivity index (χ2v) is 3.47. The van der Waals surface area contributed by atoms with E-state index in [4.69, 9.17) is 0 Å². The first-order chi connectivity index (χ1) is 8.52. The zero-order valence-electron chi connectivity index (χ0n) is 9.83. The van der Waals surface area contributed by atoms with Crippen molar-refractivity contribution in [2.24, 2.45) is 0 Å². The van der Waals surface area contributed by atoms with Crippen LogP contribution in [0.2, 0.25) is 0 Å². The summed E-state index contributed by atoms with van der Waals surface area (Å²) in [4.78, 5) is 22.5. The van der Waals surface area contributed by atoms with Crippen LogP contribution in [0, 0.1) is 11.6 Å². The van der Waals surface area contributed by atoms with Crippen molar-refractivity contribution in [3.8, 4) is 0 Å². The summed E-state index contributed by atoms with van der Waals surface area (Å²) in [5, 5.41) is 2.37. The summed E-state index contributed by atoms with van der Waals surface area (Å²) in [6, 6.07) is 2.51. The largest absolute Gasteiger partial charge is 0.466 e. The lowest BCUT2D eigenvalue weighted by atomic mass is 10.2. The summed E-state index contributed by atoms with van der Waals surface area (Å²) >= 11 is 0. The van der Waals surface area contributed by atoms with Crippen LogP contribution in [0.5, 0.6) is 0 Å². The first kappa shape index (κ1) is 14.1. The molecule has 0 aliphatic carbocycles. The highest BCUT2D eigenvalue weighted by Crippen LogP contribution is 2.07. The van der Waals surface area contributed by atoms with Gasteiger partial charge in [0.1, 0.15) is 11.6 Å². The van der Waals surface area contributed by atoms with Crippen LogP contribution in [0.4, 0.5) is 8.78 Å². The summed E-state index contributed by atoms with van der Waals surface area (Å²) < 4.78 is 30.3. The van der Waals surface area contributed by atoms with E-state index < -0.39 is 23.5 Å². The Morgan fingerprint density at radius 3 is 2.39 bits per heavy atom. The van der Waals surface area contributed by atoms with Gasteiger partial charge < -0.3 is 10.1 Å². The van der Waals surface area contributed by atoms with Crippen molar-refractivity contribution in [3.05, 3.63) is 35.4 Å². The number of carbonyl (C=O) groups excluding carboxylic acids is 2. The molecule has 18 heavy (non-hydrogen) atoms. The highest BCUT2D eigenvalue weighted by atomic mass is 19.1. The fraction of sp³-hybridized carbons (Fsp3) is 0.333. The molecular weight excluding hydrogens is 244 g/mol. The number of rotatable bonds is 5. The lowest BCUT2D eigenvalue weighted by molar-refractivity contribution is -0.142. The van der Waals surface area contributed by atoms with Crippen LogP contribution in [0.15, 0.2) is 18.2 Å². The maximum Gasteiger partial charge on any atom is 0.307 e. The van der Waals surface area contributed by atoms with Gasteiger partial charge in [-0.05, 0) is 19.1 Å². The van der Waals surface area contributed by atoms with Gasteiger partial charge in [-0.1, -0.05) is 0 Å². The SMILES string of the molecule is CCOC(=O)CCNC(=O)c1cc(F)cc(F)c1. The van der Waals surface area contributed by atoms with Gasteiger partial charge in [0.2, 0.25) is 0 Å². The van der Waals surface area contributed by atoms with Crippen LogP contribution in [0.25, 0.3) is 0 Å². The Balaban J connectivity index is 2.48. The number of benzene rings is 1. The molecule has 1 N–H and O–H groups in total. The van der Waals surface area contributed by atoms with Crippen molar-refractivity contribution in [2.45, 2.75) is 13.3 Å². The van der Waals surface area contributed by atoms with Crippen LogP contribution in [0.1, 0.15) is 23.7 Å². The van der Waals surface area contributed by atoms with E-state index in [2.05, 4.69) is 10.1 Å². The van der Waals surface area contributed by atoms with Crippen LogP contribution in [-0.4, -0.2) is 25.0 Å². The predicted octanol–water partition coefficient (Wildman–Crippen LogP) is 1.65. The molecule has 0 fully saturated rings. The monoisotopic (exact) mass is 257 g/mol. The van der Waals surface area contributed by atoms with Gasteiger partial charge in [-0.25, -0.2) is 8.78 Å². The number of hydrogen-bond acceptors (Lipinski definition) is 3. The Morgan fingerprint density at radius 2 is 1.83 bits per heavy atom. The Bertz CT molecular complexity index is 429. The lowest BCUT2D eigenvalue weighted by Crippen LogP contribution is -2.26. The molecule has 4 nitrogen and oxygen atoms in total. The van der Waals surface area contributed by atoms with Crippen molar-refractivity contribution in [2.75, 3.05) is 13.2 Å². The van der Waals surface area contributed by atoms with Crippen LogP contribution in [-0.2, 0) is 9.53 Å². The van der Waals surface area contributed by atoms with Crippen molar-refractivity contribution < 1.29 is 23.1 Å². The second-order valence-electron chi connectivity index (χ2n) is 3.47. The van der Waals surface area contributed by atoms with Crippen LogP contribution >= 0.6 is 0 Å². The Labute approximate surface area is 103 Å². The van der Waals surface area contributed by atoms with Crippen LogP contribution in [0.3, 0.4) is 0 Å². The van der Waals surface area contributed by atoms with Gasteiger partial charge in [0.25, 0.3) is 5.91 Å². The molecule has 0 aromatic heterocycles. The molecule has 0 heterocycles. The molecule has 1 amide bonds. The topological polar surface area (TPSA) is 55.4 Å². The zero-order valence-corrected chi connectivity index (χ0v) is 9.83. The van der Waals surface area contributed by atoms with Gasteiger partial charge in [0, 0.05) is 18.2 Å². The maximum absolute atomic E-state index is 12.8. The van der Waals surface area contributed by atoms with E-state index in [1.54, 1.807) is 6.92 Å². The fourth-order valence-electron chi connectivity index (χ4n) is 1.30. The first-order valence-electron chi connectivity index (χ1n) is 5.43. The van der Waals surface area contributed by atoms with Gasteiger partial charge in [0.15, 0.2) is 0 Å². The number of esters is 1. The van der Waals surface area contributed by atoms with Gasteiger partial charge in [0.05, 0.1) is 13.0 Å². The summed E-state index contributed by atoms with van der Waals surface area (Å²) in [5.41, 5.74) is -0.128. The van der Waals surface area contributed by atoms with Gasteiger partial charge in [-0.3, -0.25) is 9.59 Å². The minimum atomic E-state index is -0.828. The van der Waals surface area contributed by atoms with E-state index in [1.165, 1.54) is 0 Å². The van der Waals surface area contributed by atoms with E-state index in [9.17, 15) is 18.4 Å². The van der Waals surface area contributed by atoms with Crippen molar-refractivity contribution >= 4 is 11.9 Å². The highest BCUT2D eigenvalue weighted by Gasteiger charge is 2.09. The Kier molecular flexibility index (Phi) is 5.23. The molecule has 0 spiro atoms. The number of carbonyl (C=O) groups is 2. The van der Waals surface area contributed by atoms with E-state index in [0.29, 0.717) is 6.07 Å². The smallest absolute Gasteiger partial charge is 0.307 e. The fourth-order valence-corrected chi connectivity index (χ4v) is 1.30. The molecule has 0 saturated carbocycles. The van der Waals surface area contributed by atoms with Crippen molar-refractivity contribution in [1.29, 1.82) is 0 Å². The quantitative estimate of drug-likeness (QED) is 0.816. The predicted molar refractivity (Wildman–Crippen MR) is 59.9 cm³/mol. The Morgan fingerprint density at radius 1 is 1.22 bits per heavy atom. The average molecular weight is 257 g/mol. The molecule has 0 atom stereocenters. The molecule has 1 aromatic rings. The minimum Gasteiger partial charge on any atom is -0.466 e. The highest BCUT2D eigenvalue weighted by molar-refractivity contribution is 5.94. The molecule has 98 valence electrons. The van der Waals surface area contributed by atoms with E-state index in [-0.39, 0.29) is 25.1 Å². The molecule has 0 bridgehead atoms. The summed E-state index contributed by atoms with van der Waals surface area (Å²) in [6.07, 6.45) is 0.0113. The third-order valence-electron chi connectivity index (χ3n) is 2.04. The number of amides is 1. The van der Waals surface area contributed by atoms with E-state index >= 15 is 0 Å². The molecule has 6 heteroatoms. The standard InChI is InChI=1S/C12H13F2NO3/c1-2-18-11(16)3-4-15-12(17)8-5-9(13)7-10(14)6-8/h5-7H,2-4H2,1H3,(H,15,17). The molecule has 0 unspecified atom stereocenters. The Hall–Kier alpha value is -1.98. The summed E-state index contributed by atoms with van der Waals surface area (Å²) in [5.74, 6) is -2.74. The van der Waals surface area contributed by atoms with Crippen LogP contribution < -0.4 is 5.32 Å².